The van der Waals surface area contributed by atoms with Gasteiger partial charge in [0.2, 0.25) is 0 Å². The number of carbonyl (C=O) groups is 4. The number of aldehydes is 1. The molecule has 0 amide bonds. The van der Waals surface area contributed by atoms with E-state index in [1.165, 1.54) is 43.8 Å². The van der Waals surface area contributed by atoms with Crippen molar-refractivity contribution in [2.45, 2.75) is 109 Å². The molecule has 0 fully saturated rings. The second-order valence-corrected chi connectivity index (χ2v) is 17.5. The third kappa shape index (κ3) is 7.69. The Morgan fingerprint density at radius 3 is 1.64 bits per heavy atom. The van der Waals surface area contributed by atoms with Gasteiger partial charge in [0.1, 0.15) is 23.3 Å². The van der Waals surface area contributed by atoms with Crippen LogP contribution in [0.15, 0.2) is 27.4 Å². The van der Waals surface area contributed by atoms with Crippen molar-refractivity contribution in [1.82, 2.24) is 0 Å². The maximum Gasteiger partial charge on any atom is 0.351 e. The van der Waals surface area contributed by atoms with E-state index >= 15 is 0 Å². The van der Waals surface area contributed by atoms with E-state index in [2.05, 4.69) is 80.7 Å². The van der Waals surface area contributed by atoms with Crippen LogP contribution in [0, 0.1) is 0 Å². The van der Waals surface area contributed by atoms with Crippen LogP contribution in [0.2, 0.25) is 0 Å². The molecular weight excluding hydrogens is 704 g/mol. The Hall–Kier alpha value is -4.87. The summed E-state index contributed by atoms with van der Waals surface area (Å²) in [4.78, 5) is 61.0. The molecule has 4 aliphatic rings. The molecule has 12 heteroatoms. The normalized spacial score (nSPS) is 18.9. The number of carbonyl (C=O) groups excluding carboxylic acids is 4. The molecule has 0 bridgehead atoms. The third-order valence-electron chi connectivity index (χ3n) is 12.0. The lowest BCUT2D eigenvalue weighted by Gasteiger charge is -2.48. The molecule has 12 nitrogen and oxygen atoms in total. The highest BCUT2D eigenvalue weighted by atomic mass is 16.5. The lowest BCUT2D eigenvalue weighted by Crippen LogP contribution is -2.44. The van der Waals surface area contributed by atoms with Gasteiger partial charge >= 0.3 is 23.5 Å². The fraction of sp³-hybridized carbons (Fsp3) is 0.558. The number of methoxy groups -OCH3 is 3. The highest BCUT2D eigenvalue weighted by molar-refractivity contribution is 5.96. The zero-order chi connectivity index (χ0) is 40.8. The molecule has 1 aromatic heterocycles. The molecule has 3 aromatic rings. The molecule has 0 saturated heterocycles. The van der Waals surface area contributed by atoms with Gasteiger partial charge in [-0.1, -0.05) is 55.4 Å². The number of nitrogens with zero attached hydrogens (tertiary/aromatic N) is 2. The standard InChI is InChI=1S/C21H25NO4.C17H23NO2.C5H8O4/c1-20(2)6-8-22-9-7-21(3,4)15-16(22)14(20)11-12-10-13(18(23)25-5)19(24)26-17(12)15;1-16(2)5-7-18-8-6-17(3,4)13-14(18)12(16)9-11(10-19)15(13)20;1-8-4(6)3-5(7)9-2/h10-11H,6-9H2,1-5H3;9-10,20H,5-8H2,1-4H3;3H2,1-2H3. The van der Waals surface area contributed by atoms with Gasteiger partial charge in [-0.3, -0.25) is 14.4 Å². The van der Waals surface area contributed by atoms with Crippen molar-refractivity contribution < 1.29 is 42.9 Å². The molecule has 2 aromatic carbocycles. The summed E-state index contributed by atoms with van der Waals surface area (Å²) in [5.41, 5.74) is 7.20. The molecule has 1 N–H and O–H groups in total. The number of anilines is 2. The highest BCUT2D eigenvalue weighted by Gasteiger charge is 2.43. The monoisotopic (exact) mass is 760 g/mol. The van der Waals surface area contributed by atoms with Crippen molar-refractivity contribution in [3.05, 3.63) is 62.0 Å². The van der Waals surface area contributed by atoms with Gasteiger partial charge in [0, 0.05) is 54.1 Å². The van der Waals surface area contributed by atoms with E-state index in [1.807, 2.05) is 6.07 Å². The number of hydrogen-bond donors (Lipinski definition) is 1. The Morgan fingerprint density at radius 1 is 0.709 bits per heavy atom. The molecular formula is C43H56N2O10. The topological polar surface area (TPSA) is 153 Å². The van der Waals surface area contributed by atoms with Crippen molar-refractivity contribution in [3.8, 4) is 5.75 Å². The van der Waals surface area contributed by atoms with Gasteiger partial charge in [0.25, 0.3) is 0 Å². The fourth-order valence-electron chi connectivity index (χ4n) is 8.35. The summed E-state index contributed by atoms with van der Waals surface area (Å²) in [5.74, 6) is -1.64. The first-order valence-corrected chi connectivity index (χ1v) is 18.9. The fourth-order valence-corrected chi connectivity index (χ4v) is 8.35. The predicted molar refractivity (Wildman–Crippen MR) is 211 cm³/mol. The predicted octanol–water partition coefficient (Wildman–Crippen LogP) is 6.84. The van der Waals surface area contributed by atoms with Gasteiger partial charge in [0.15, 0.2) is 6.29 Å². The summed E-state index contributed by atoms with van der Waals surface area (Å²) in [6.07, 6.45) is 4.64. The third-order valence-corrected chi connectivity index (χ3v) is 12.0. The van der Waals surface area contributed by atoms with E-state index < -0.39 is 23.5 Å². The Morgan fingerprint density at radius 2 is 1.16 bits per heavy atom. The van der Waals surface area contributed by atoms with Crippen LogP contribution in [0.5, 0.6) is 5.75 Å². The lowest BCUT2D eigenvalue weighted by atomic mass is 9.69. The van der Waals surface area contributed by atoms with Crippen LogP contribution in [-0.4, -0.2) is 76.8 Å². The van der Waals surface area contributed by atoms with Crippen molar-refractivity contribution >= 4 is 46.5 Å². The zero-order valence-corrected chi connectivity index (χ0v) is 34.2. The van der Waals surface area contributed by atoms with E-state index in [1.54, 1.807) is 6.07 Å². The molecule has 0 saturated carbocycles. The summed E-state index contributed by atoms with van der Waals surface area (Å²) >= 11 is 0. The van der Waals surface area contributed by atoms with Gasteiger partial charge < -0.3 is 33.5 Å². The number of rotatable bonds is 4. The molecule has 0 radical (unpaired) electrons. The number of phenolic OH excluding ortho intramolecular Hbond substituents is 1. The molecule has 7 rings (SSSR count). The van der Waals surface area contributed by atoms with Crippen molar-refractivity contribution in [3.63, 3.8) is 0 Å². The van der Waals surface area contributed by atoms with Crippen LogP contribution in [-0.2, 0) is 45.5 Å². The Kier molecular flexibility index (Phi) is 11.3. The number of benzene rings is 2. The minimum absolute atomic E-state index is 0.0315. The first-order chi connectivity index (χ1) is 25.6. The number of ether oxygens (including phenoxy) is 3. The van der Waals surface area contributed by atoms with E-state index in [0.29, 0.717) is 11.1 Å². The van der Waals surface area contributed by atoms with Crippen molar-refractivity contribution in [2.24, 2.45) is 0 Å². The summed E-state index contributed by atoms with van der Waals surface area (Å²) < 4.78 is 18.8. The summed E-state index contributed by atoms with van der Waals surface area (Å²) in [6, 6.07) is 5.62. The SMILES string of the molecule is CC1(C)CCN2CCC(C)(C)c3c(O)c(C=O)cc1c32.COC(=O)CC(=O)OC.COC(=O)c1cc2cc3c4c(c2oc1=O)C(C)(C)CCN4CCC3(C)C. The molecule has 0 aliphatic carbocycles. The van der Waals surface area contributed by atoms with Crippen LogP contribution >= 0.6 is 0 Å². The molecule has 4 aliphatic heterocycles. The van der Waals surface area contributed by atoms with Crippen LogP contribution in [0.4, 0.5) is 11.4 Å². The van der Waals surface area contributed by atoms with Crippen LogP contribution in [0.25, 0.3) is 11.0 Å². The van der Waals surface area contributed by atoms with E-state index in [9.17, 15) is 29.1 Å². The largest absolute Gasteiger partial charge is 0.507 e. The number of aromatic hydroxyl groups is 1. The van der Waals surface area contributed by atoms with Gasteiger partial charge in [-0.15, -0.1) is 0 Å². The maximum atomic E-state index is 12.4. The first kappa shape index (κ1) is 41.3. The lowest BCUT2D eigenvalue weighted by molar-refractivity contribution is -0.151. The van der Waals surface area contributed by atoms with Crippen LogP contribution < -0.4 is 15.4 Å². The maximum absolute atomic E-state index is 12.4. The van der Waals surface area contributed by atoms with Gasteiger partial charge in [0.05, 0.1) is 26.9 Å². The summed E-state index contributed by atoms with van der Waals surface area (Å²) in [6.45, 7) is 21.8. The van der Waals surface area contributed by atoms with E-state index in [0.717, 1.165) is 74.7 Å². The average molecular weight is 761 g/mol. The van der Waals surface area contributed by atoms with E-state index in [-0.39, 0.29) is 39.4 Å². The molecule has 55 heavy (non-hydrogen) atoms. The molecule has 0 unspecified atom stereocenters. The van der Waals surface area contributed by atoms with Crippen LogP contribution in [0.3, 0.4) is 0 Å². The Labute approximate surface area is 323 Å². The van der Waals surface area contributed by atoms with Crippen molar-refractivity contribution in [1.29, 1.82) is 0 Å². The highest BCUT2D eigenvalue weighted by Crippen LogP contribution is 2.54. The second kappa shape index (κ2) is 15.0. The Balaban J connectivity index is 0.000000177. The minimum Gasteiger partial charge on any atom is -0.507 e. The number of fused-ring (bicyclic) bond motifs is 2. The Bertz CT molecular complexity index is 2070. The number of esters is 3. The minimum atomic E-state index is -0.660. The van der Waals surface area contributed by atoms with Crippen LogP contribution in [0.1, 0.15) is 130 Å². The van der Waals surface area contributed by atoms with Gasteiger partial charge in [-0.25, -0.2) is 9.59 Å². The summed E-state index contributed by atoms with van der Waals surface area (Å²) in [5, 5.41) is 11.3. The molecule has 0 spiro atoms. The first-order valence-electron chi connectivity index (χ1n) is 18.9. The number of phenols is 1. The van der Waals surface area contributed by atoms with Crippen molar-refractivity contribution in [2.75, 3.05) is 57.3 Å². The summed E-state index contributed by atoms with van der Waals surface area (Å²) in [7, 11) is 3.70. The van der Waals surface area contributed by atoms with Gasteiger partial charge in [-0.05, 0) is 76.7 Å². The van der Waals surface area contributed by atoms with E-state index in [4.69, 9.17) is 9.15 Å². The number of hydrogen-bond acceptors (Lipinski definition) is 12. The smallest absolute Gasteiger partial charge is 0.351 e. The molecule has 0 atom stereocenters. The quantitative estimate of drug-likeness (QED) is 0.0974. The molecule has 298 valence electrons. The zero-order valence-electron chi connectivity index (χ0n) is 34.2. The second-order valence-electron chi connectivity index (χ2n) is 17.5. The average Bonchev–Trinajstić information content (AvgIpc) is 3.12. The molecule has 5 heterocycles. The van der Waals surface area contributed by atoms with Gasteiger partial charge in [-0.2, -0.15) is 0 Å².